The number of ether oxygens (including phenoxy) is 1. The van der Waals surface area contributed by atoms with Crippen LogP contribution in [0.2, 0.25) is 0 Å². The standard InChI is InChI=1S/C18H22N4O2/c1-24-16-7-5-15(6-8-16)14-20-18(23)22-12-10-21(11-13-22)17-4-2-3-9-19-17/h2-9H,10-14H2,1H3,(H,20,23). The van der Waals surface area contributed by atoms with Crippen molar-refractivity contribution < 1.29 is 9.53 Å². The van der Waals surface area contributed by atoms with Crippen molar-refractivity contribution in [1.82, 2.24) is 15.2 Å². The number of nitrogens with one attached hydrogen (secondary N) is 1. The zero-order valence-corrected chi connectivity index (χ0v) is 13.8. The largest absolute Gasteiger partial charge is 0.497 e. The third-order valence-electron chi connectivity index (χ3n) is 4.14. The summed E-state index contributed by atoms with van der Waals surface area (Å²) < 4.78 is 5.13. The van der Waals surface area contributed by atoms with Gasteiger partial charge in [-0.05, 0) is 29.8 Å². The number of methoxy groups -OCH3 is 1. The molecule has 6 nitrogen and oxygen atoms in total. The second-order valence-corrected chi connectivity index (χ2v) is 5.67. The van der Waals surface area contributed by atoms with Crippen molar-refractivity contribution in [2.24, 2.45) is 0 Å². The van der Waals surface area contributed by atoms with Gasteiger partial charge in [-0.3, -0.25) is 0 Å². The Morgan fingerprint density at radius 3 is 2.50 bits per heavy atom. The number of carbonyl (C=O) groups is 1. The Morgan fingerprint density at radius 2 is 1.88 bits per heavy atom. The molecule has 0 saturated carbocycles. The van der Waals surface area contributed by atoms with E-state index in [-0.39, 0.29) is 6.03 Å². The van der Waals surface area contributed by atoms with Gasteiger partial charge in [0.1, 0.15) is 11.6 Å². The smallest absolute Gasteiger partial charge is 0.317 e. The quantitative estimate of drug-likeness (QED) is 0.935. The van der Waals surface area contributed by atoms with E-state index in [4.69, 9.17) is 4.74 Å². The lowest BCUT2D eigenvalue weighted by molar-refractivity contribution is 0.194. The van der Waals surface area contributed by atoms with Crippen molar-refractivity contribution in [2.75, 3.05) is 38.2 Å². The van der Waals surface area contributed by atoms with Gasteiger partial charge < -0.3 is 19.9 Å². The number of pyridine rings is 1. The van der Waals surface area contributed by atoms with E-state index in [0.717, 1.165) is 30.2 Å². The summed E-state index contributed by atoms with van der Waals surface area (Å²) in [6, 6.07) is 13.6. The van der Waals surface area contributed by atoms with Gasteiger partial charge in [0.2, 0.25) is 0 Å². The fraction of sp³-hybridized carbons (Fsp3) is 0.333. The van der Waals surface area contributed by atoms with Crippen LogP contribution in [0.3, 0.4) is 0 Å². The summed E-state index contributed by atoms with van der Waals surface area (Å²) in [6.07, 6.45) is 1.79. The predicted octanol–water partition coefficient (Wildman–Crippen LogP) is 2.12. The van der Waals surface area contributed by atoms with Crippen molar-refractivity contribution in [3.63, 3.8) is 0 Å². The number of rotatable bonds is 4. The molecule has 1 N–H and O–H groups in total. The molecule has 0 spiro atoms. The highest BCUT2D eigenvalue weighted by Gasteiger charge is 2.21. The molecule has 1 aromatic heterocycles. The highest BCUT2D eigenvalue weighted by Crippen LogP contribution is 2.13. The van der Waals surface area contributed by atoms with Crippen LogP contribution in [0.5, 0.6) is 5.75 Å². The molecule has 1 fully saturated rings. The zero-order valence-electron chi connectivity index (χ0n) is 13.8. The van der Waals surface area contributed by atoms with E-state index in [1.54, 1.807) is 13.3 Å². The molecule has 3 rings (SSSR count). The first-order chi connectivity index (χ1) is 11.8. The molecule has 6 heteroatoms. The summed E-state index contributed by atoms with van der Waals surface area (Å²) >= 11 is 0. The summed E-state index contributed by atoms with van der Waals surface area (Å²) in [7, 11) is 1.64. The summed E-state index contributed by atoms with van der Waals surface area (Å²) in [4.78, 5) is 20.7. The molecule has 1 saturated heterocycles. The monoisotopic (exact) mass is 326 g/mol. The summed E-state index contributed by atoms with van der Waals surface area (Å²) in [6.45, 7) is 3.51. The van der Waals surface area contributed by atoms with Gasteiger partial charge in [0, 0.05) is 38.9 Å². The topological polar surface area (TPSA) is 57.7 Å². The Hall–Kier alpha value is -2.76. The highest BCUT2D eigenvalue weighted by atomic mass is 16.5. The lowest BCUT2D eigenvalue weighted by Crippen LogP contribution is -2.51. The Labute approximate surface area is 142 Å². The van der Waals surface area contributed by atoms with Crippen LogP contribution >= 0.6 is 0 Å². The van der Waals surface area contributed by atoms with E-state index in [0.29, 0.717) is 19.6 Å². The number of hydrogen-bond donors (Lipinski definition) is 1. The number of urea groups is 1. The number of benzene rings is 1. The van der Waals surface area contributed by atoms with Crippen molar-refractivity contribution in [1.29, 1.82) is 0 Å². The Morgan fingerprint density at radius 1 is 1.12 bits per heavy atom. The second kappa shape index (κ2) is 7.68. The molecule has 0 aliphatic carbocycles. The number of aromatic nitrogens is 1. The van der Waals surface area contributed by atoms with Crippen molar-refractivity contribution >= 4 is 11.8 Å². The van der Waals surface area contributed by atoms with Gasteiger partial charge in [-0.2, -0.15) is 0 Å². The van der Waals surface area contributed by atoms with Crippen molar-refractivity contribution in [3.8, 4) is 5.75 Å². The molecule has 2 amide bonds. The highest BCUT2D eigenvalue weighted by molar-refractivity contribution is 5.74. The molecule has 0 unspecified atom stereocenters. The number of hydrogen-bond acceptors (Lipinski definition) is 4. The Balaban J connectivity index is 1.46. The zero-order chi connectivity index (χ0) is 16.8. The van der Waals surface area contributed by atoms with Gasteiger partial charge in [-0.25, -0.2) is 9.78 Å². The number of anilines is 1. The van der Waals surface area contributed by atoms with Gasteiger partial charge in [0.05, 0.1) is 7.11 Å². The van der Waals surface area contributed by atoms with Crippen LogP contribution in [-0.2, 0) is 6.54 Å². The van der Waals surface area contributed by atoms with Crippen LogP contribution in [0.1, 0.15) is 5.56 Å². The molecule has 1 aromatic carbocycles. The minimum Gasteiger partial charge on any atom is -0.497 e. The molecule has 24 heavy (non-hydrogen) atoms. The van der Waals surface area contributed by atoms with Crippen LogP contribution in [0.15, 0.2) is 48.7 Å². The fourth-order valence-electron chi connectivity index (χ4n) is 2.71. The first-order valence-corrected chi connectivity index (χ1v) is 8.08. The van der Waals surface area contributed by atoms with Gasteiger partial charge in [0.15, 0.2) is 0 Å². The number of amides is 2. The SMILES string of the molecule is COc1ccc(CNC(=O)N2CCN(c3ccccn3)CC2)cc1. The molecular formula is C18H22N4O2. The molecule has 0 bridgehead atoms. The first kappa shape index (κ1) is 16.1. The van der Waals surface area contributed by atoms with Gasteiger partial charge >= 0.3 is 6.03 Å². The summed E-state index contributed by atoms with van der Waals surface area (Å²) in [5.74, 6) is 1.78. The predicted molar refractivity (Wildman–Crippen MR) is 93.3 cm³/mol. The average molecular weight is 326 g/mol. The van der Waals surface area contributed by atoms with Crippen molar-refractivity contribution in [3.05, 3.63) is 54.2 Å². The third-order valence-corrected chi connectivity index (χ3v) is 4.14. The fourth-order valence-corrected chi connectivity index (χ4v) is 2.71. The van der Waals surface area contributed by atoms with Gasteiger partial charge in [0.25, 0.3) is 0 Å². The third kappa shape index (κ3) is 3.95. The average Bonchev–Trinajstić information content (AvgIpc) is 2.67. The maximum atomic E-state index is 12.3. The Bertz CT molecular complexity index is 652. The molecule has 0 atom stereocenters. The Kier molecular flexibility index (Phi) is 5.15. The minimum absolute atomic E-state index is 0.0218. The van der Waals surface area contributed by atoms with Crippen LogP contribution in [0.25, 0.3) is 0 Å². The molecular weight excluding hydrogens is 304 g/mol. The van der Waals surface area contributed by atoms with E-state index < -0.39 is 0 Å². The van der Waals surface area contributed by atoms with E-state index >= 15 is 0 Å². The second-order valence-electron chi connectivity index (χ2n) is 5.67. The number of carbonyl (C=O) groups excluding carboxylic acids is 1. The molecule has 2 aromatic rings. The molecule has 2 heterocycles. The van der Waals surface area contributed by atoms with Crippen LogP contribution in [0, 0.1) is 0 Å². The van der Waals surface area contributed by atoms with Crippen LogP contribution < -0.4 is 15.0 Å². The van der Waals surface area contributed by atoms with Crippen LogP contribution in [-0.4, -0.2) is 49.2 Å². The first-order valence-electron chi connectivity index (χ1n) is 8.08. The van der Waals surface area contributed by atoms with E-state index in [2.05, 4.69) is 15.2 Å². The van der Waals surface area contributed by atoms with Crippen molar-refractivity contribution in [2.45, 2.75) is 6.54 Å². The van der Waals surface area contributed by atoms with Gasteiger partial charge in [-0.1, -0.05) is 18.2 Å². The maximum absolute atomic E-state index is 12.3. The normalized spacial score (nSPS) is 14.4. The molecule has 126 valence electrons. The van der Waals surface area contributed by atoms with E-state index in [1.807, 2.05) is 47.4 Å². The molecule has 0 radical (unpaired) electrons. The van der Waals surface area contributed by atoms with Gasteiger partial charge in [-0.15, -0.1) is 0 Å². The molecule has 1 aliphatic heterocycles. The minimum atomic E-state index is -0.0218. The number of piperazine rings is 1. The number of nitrogens with zero attached hydrogens (tertiary/aromatic N) is 3. The van der Waals surface area contributed by atoms with E-state index in [1.165, 1.54) is 0 Å². The lowest BCUT2D eigenvalue weighted by Gasteiger charge is -2.35. The summed E-state index contributed by atoms with van der Waals surface area (Å²) in [5.41, 5.74) is 1.05. The molecule has 1 aliphatic rings. The van der Waals surface area contributed by atoms with E-state index in [9.17, 15) is 4.79 Å². The lowest BCUT2D eigenvalue weighted by atomic mass is 10.2. The maximum Gasteiger partial charge on any atom is 0.317 e. The van der Waals surface area contributed by atoms with Crippen LogP contribution in [0.4, 0.5) is 10.6 Å². The summed E-state index contributed by atoms with van der Waals surface area (Å²) in [5, 5.41) is 2.97.